The van der Waals surface area contributed by atoms with Crippen molar-refractivity contribution in [3.8, 4) is 0 Å². The second kappa shape index (κ2) is 6.54. The lowest BCUT2D eigenvalue weighted by molar-refractivity contribution is -0.387. The van der Waals surface area contributed by atoms with Gasteiger partial charge in [0.05, 0.1) is 4.92 Å². The van der Waals surface area contributed by atoms with Crippen molar-refractivity contribution in [1.82, 2.24) is 4.72 Å². The number of rotatable bonds is 5. The zero-order valence-electron chi connectivity index (χ0n) is 13.5. The topological polar surface area (TPSA) is 115 Å². The quantitative estimate of drug-likeness (QED) is 0.629. The number of nitrogens with zero attached hydrogens (tertiary/aromatic N) is 1. The van der Waals surface area contributed by atoms with Crippen LogP contribution in [0.25, 0.3) is 0 Å². The Balaban J connectivity index is 2.29. The Bertz CT molecular complexity index is 710. The summed E-state index contributed by atoms with van der Waals surface area (Å²) in [6.45, 7) is 3.53. The molecule has 1 aromatic rings. The van der Waals surface area contributed by atoms with Crippen LogP contribution in [0.1, 0.15) is 43.2 Å². The summed E-state index contributed by atoms with van der Waals surface area (Å²) in [5.41, 5.74) is 6.63. The zero-order valence-corrected chi connectivity index (χ0v) is 14.3. The van der Waals surface area contributed by atoms with E-state index < -0.39 is 26.2 Å². The van der Waals surface area contributed by atoms with Gasteiger partial charge in [-0.1, -0.05) is 19.3 Å². The molecule has 1 saturated carbocycles. The highest BCUT2D eigenvalue weighted by molar-refractivity contribution is 7.89. The first-order valence-electron chi connectivity index (χ1n) is 7.69. The fraction of sp³-hybridized carbons (Fsp3) is 0.600. The third-order valence-electron chi connectivity index (χ3n) is 4.53. The van der Waals surface area contributed by atoms with Crippen LogP contribution >= 0.6 is 0 Å². The maximum atomic E-state index is 12.5. The molecule has 1 aliphatic rings. The normalized spacial score (nSPS) is 17.9. The van der Waals surface area contributed by atoms with Crippen molar-refractivity contribution in [2.45, 2.75) is 56.4 Å². The molecule has 0 aliphatic heterocycles. The van der Waals surface area contributed by atoms with Crippen LogP contribution in [0, 0.1) is 24.0 Å². The van der Waals surface area contributed by atoms with Gasteiger partial charge in [-0.3, -0.25) is 10.1 Å². The molecule has 0 amide bonds. The van der Waals surface area contributed by atoms with Crippen molar-refractivity contribution < 1.29 is 13.3 Å². The predicted octanol–water partition coefficient (Wildman–Crippen LogP) is 2.15. The van der Waals surface area contributed by atoms with Crippen molar-refractivity contribution in [3.63, 3.8) is 0 Å². The number of nitro benzene ring substituents is 1. The van der Waals surface area contributed by atoms with E-state index in [-0.39, 0.29) is 11.4 Å². The van der Waals surface area contributed by atoms with Gasteiger partial charge in [0.25, 0.3) is 5.69 Å². The molecule has 7 nitrogen and oxygen atoms in total. The van der Waals surface area contributed by atoms with E-state index in [9.17, 15) is 18.5 Å². The van der Waals surface area contributed by atoms with Crippen LogP contribution in [0.15, 0.2) is 17.0 Å². The summed E-state index contributed by atoms with van der Waals surface area (Å²) in [7, 11) is -3.98. The Morgan fingerprint density at radius 2 is 1.78 bits per heavy atom. The highest BCUT2D eigenvalue weighted by Crippen LogP contribution is 2.29. The summed E-state index contributed by atoms with van der Waals surface area (Å²) in [5.74, 6) is 0. The van der Waals surface area contributed by atoms with E-state index in [0.29, 0.717) is 11.1 Å². The second-order valence-corrected chi connectivity index (χ2v) is 8.14. The third kappa shape index (κ3) is 4.07. The Morgan fingerprint density at radius 3 is 2.35 bits per heavy atom. The number of hydrogen-bond acceptors (Lipinski definition) is 5. The van der Waals surface area contributed by atoms with Gasteiger partial charge < -0.3 is 5.73 Å². The number of hydrogen-bond donors (Lipinski definition) is 2. The fourth-order valence-electron chi connectivity index (χ4n) is 2.88. The van der Waals surface area contributed by atoms with Gasteiger partial charge in [0.2, 0.25) is 10.0 Å². The van der Waals surface area contributed by atoms with Gasteiger partial charge >= 0.3 is 0 Å². The Kier molecular flexibility index (Phi) is 5.07. The van der Waals surface area contributed by atoms with Crippen LogP contribution in [-0.2, 0) is 10.0 Å². The summed E-state index contributed by atoms with van der Waals surface area (Å²) in [5, 5.41) is 11.2. The van der Waals surface area contributed by atoms with Gasteiger partial charge in [-0.15, -0.1) is 0 Å². The van der Waals surface area contributed by atoms with Crippen LogP contribution in [-0.4, -0.2) is 25.4 Å². The summed E-state index contributed by atoms with van der Waals surface area (Å²) < 4.78 is 27.5. The molecule has 8 heteroatoms. The highest BCUT2D eigenvalue weighted by atomic mass is 32.2. The predicted molar refractivity (Wildman–Crippen MR) is 87.8 cm³/mol. The molecule has 0 radical (unpaired) electrons. The molecule has 128 valence electrons. The molecule has 0 heterocycles. The number of benzene rings is 1. The van der Waals surface area contributed by atoms with Gasteiger partial charge in [0, 0.05) is 18.2 Å². The molecule has 0 atom stereocenters. The second-order valence-electron chi connectivity index (χ2n) is 6.41. The van der Waals surface area contributed by atoms with Crippen LogP contribution in [0.2, 0.25) is 0 Å². The first-order chi connectivity index (χ1) is 10.6. The Labute approximate surface area is 136 Å². The summed E-state index contributed by atoms with van der Waals surface area (Å²) in [6, 6.07) is 2.64. The van der Waals surface area contributed by atoms with Gasteiger partial charge in [-0.2, -0.15) is 0 Å². The summed E-state index contributed by atoms with van der Waals surface area (Å²) >= 11 is 0. The monoisotopic (exact) mass is 341 g/mol. The van der Waals surface area contributed by atoms with Gasteiger partial charge in [0.1, 0.15) is 0 Å². The van der Waals surface area contributed by atoms with E-state index in [1.54, 1.807) is 13.8 Å². The molecule has 1 aliphatic carbocycles. The SMILES string of the molecule is Cc1cc([N+](=O)[O-])c(S(=O)(=O)NCC2(N)CCCCC2)cc1C. The Hall–Kier alpha value is -1.51. The molecule has 0 spiro atoms. The third-order valence-corrected chi connectivity index (χ3v) is 5.96. The molecule has 2 rings (SSSR count). The van der Waals surface area contributed by atoms with Crippen molar-refractivity contribution in [2.24, 2.45) is 5.73 Å². The number of sulfonamides is 1. The van der Waals surface area contributed by atoms with Crippen LogP contribution in [0.4, 0.5) is 5.69 Å². The number of nitrogens with one attached hydrogen (secondary N) is 1. The molecule has 1 aromatic carbocycles. The smallest absolute Gasteiger partial charge is 0.289 e. The van der Waals surface area contributed by atoms with E-state index in [1.165, 1.54) is 12.1 Å². The molecule has 3 N–H and O–H groups in total. The lowest BCUT2D eigenvalue weighted by Crippen LogP contribution is -2.51. The van der Waals surface area contributed by atoms with Gasteiger partial charge in [-0.05, 0) is 43.9 Å². The maximum absolute atomic E-state index is 12.5. The van der Waals surface area contributed by atoms with E-state index >= 15 is 0 Å². The minimum Gasteiger partial charge on any atom is -0.324 e. The first kappa shape index (κ1) is 17.8. The average molecular weight is 341 g/mol. The van der Waals surface area contributed by atoms with E-state index in [1.807, 2.05) is 0 Å². The first-order valence-corrected chi connectivity index (χ1v) is 9.17. The number of aryl methyl sites for hydroxylation is 2. The van der Waals surface area contributed by atoms with Crippen LogP contribution < -0.4 is 10.5 Å². The summed E-state index contributed by atoms with van der Waals surface area (Å²) in [6.07, 6.45) is 4.56. The minimum absolute atomic E-state index is 0.0966. The van der Waals surface area contributed by atoms with E-state index in [2.05, 4.69) is 4.72 Å². The van der Waals surface area contributed by atoms with Crippen molar-refractivity contribution >= 4 is 15.7 Å². The molecule has 0 aromatic heterocycles. The molecular formula is C15H23N3O4S. The molecule has 0 bridgehead atoms. The molecule has 23 heavy (non-hydrogen) atoms. The van der Waals surface area contributed by atoms with Crippen molar-refractivity contribution in [2.75, 3.05) is 6.54 Å². The minimum atomic E-state index is -3.98. The average Bonchev–Trinajstić information content (AvgIpc) is 2.48. The molecule has 1 fully saturated rings. The largest absolute Gasteiger partial charge is 0.324 e. The number of nitrogens with two attached hydrogens (primary N) is 1. The van der Waals surface area contributed by atoms with Gasteiger partial charge in [-0.25, -0.2) is 13.1 Å². The fourth-order valence-corrected chi connectivity index (χ4v) is 4.26. The number of nitro groups is 1. The molecule has 0 saturated heterocycles. The van der Waals surface area contributed by atoms with Crippen molar-refractivity contribution in [1.29, 1.82) is 0 Å². The van der Waals surface area contributed by atoms with Gasteiger partial charge in [0.15, 0.2) is 4.90 Å². The van der Waals surface area contributed by atoms with Crippen molar-refractivity contribution in [3.05, 3.63) is 33.4 Å². The van der Waals surface area contributed by atoms with E-state index in [4.69, 9.17) is 5.73 Å². The molecular weight excluding hydrogens is 318 g/mol. The maximum Gasteiger partial charge on any atom is 0.289 e. The lowest BCUT2D eigenvalue weighted by atomic mass is 9.83. The lowest BCUT2D eigenvalue weighted by Gasteiger charge is -2.33. The molecule has 0 unspecified atom stereocenters. The zero-order chi connectivity index (χ0) is 17.3. The van der Waals surface area contributed by atoms with Crippen LogP contribution in [0.3, 0.4) is 0 Å². The summed E-state index contributed by atoms with van der Waals surface area (Å²) in [4.78, 5) is 10.2. The Morgan fingerprint density at radius 1 is 1.22 bits per heavy atom. The highest BCUT2D eigenvalue weighted by Gasteiger charge is 2.32. The standard InChI is InChI=1S/C15H23N3O4S/c1-11-8-13(18(19)20)14(9-12(11)2)23(21,22)17-10-15(16)6-4-3-5-7-15/h8-9,17H,3-7,10,16H2,1-2H3. The van der Waals surface area contributed by atoms with E-state index in [0.717, 1.165) is 32.1 Å². The van der Waals surface area contributed by atoms with Crippen LogP contribution in [0.5, 0.6) is 0 Å².